The first-order valence-corrected chi connectivity index (χ1v) is 8.62. The molecule has 0 N–H and O–H groups in total. The second kappa shape index (κ2) is 7.52. The molecule has 0 aliphatic rings. The maximum atomic E-state index is 12.5. The predicted octanol–water partition coefficient (Wildman–Crippen LogP) is 3.86. The minimum atomic E-state index is 0.0172. The van der Waals surface area contributed by atoms with Gasteiger partial charge in [0.25, 0.3) is 0 Å². The number of aromatic nitrogens is 2. The van der Waals surface area contributed by atoms with Crippen LogP contribution in [-0.4, -0.2) is 28.0 Å². The highest BCUT2D eigenvalue weighted by Gasteiger charge is 2.15. The number of likely N-dealkylation sites (N-methyl/N-ethyl adjacent to an activating group) is 1. The molecule has 1 aromatic heterocycles. The fourth-order valence-corrected chi connectivity index (χ4v) is 2.73. The molecule has 3 rings (SSSR count). The predicted molar refractivity (Wildman–Crippen MR) is 101 cm³/mol. The topological polar surface area (TPSA) is 59.2 Å². The second-order valence-electron chi connectivity index (χ2n) is 6.73. The number of hydrogen-bond donors (Lipinski definition) is 0. The van der Waals surface area contributed by atoms with Crippen molar-refractivity contribution >= 4 is 5.91 Å². The summed E-state index contributed by atoms with van der Waals surface area (Å²) in [6, 6.07) is 14.0. The van der Waals surface area contributed by atoms with E-state index in [2.05, 4.69) is 30.1 Å². The van der Waals surface area contributed by atoms with Gasteiger partial charge >= 0.3 is 0 Å². The van der Waals surface area contributed by atoms with Crippen LogP contribution in [0.4, 0.5) is 0 Å². The first kappa shape index (κ1) is 17.9. The Kier molecular flexibility index (Phi) is 5.16. The molecule has 0 atom stereocenters. The second-order valence-corrected chi connectivity index (χ2v) is 6.73. The summed E-state index contributed by atoms with van der Waals surface area (Å²) in [5.41, 5.74) is 5.47. The van der Waals surface area contributed by atoms with E-state index >= 15 is 0 Å². The van der Waals surface area contributed by atoms with Crippen molar-refractivity contribution in [3.63, 3.8) is 0 Å². The zero-order valence-corrected chi connectivity index (χ0v) is 15.6. The summed E-state index contributed by atoms with van der Waals surface area (Å²) in [7, 11) is 1.75. The van der Waals surface area contributed by atoms with Gasteiger partial charge in [-0.1, -0.05) is 47.1 Å². The molecule has 0 aliphatic carbocycles. The van der Waals surface area contributed by atoms with E-state index in [4.69, 9.17) is 4.52 Å². The van der Waals surface area contributed by atoms with E-state index in [1.165, 1.54) is 11.1 Å². The highest BCUT2D eigenvalue weighted by molar-refractivity contribution is 5.78. The molecule has 26 heavy (non-hydrogen) atoms. The lowest BCUT2D eigenvalue weighted by molar-refractivity contribution is -0.130. The molecule has 5 nitrogen and oxygen atoms in total. The molecule has 134 valence electrons. The van der Waals surface area contributed by atoms with E-state index in [1.54, 1.807) is 11.9 Å². The van der Waals surface area contributed by atoms with Crippen LogP contribution >= 0.6 is 0 Å². The smallest absolute Gasteiger partial charge is 0.246 e. The summed E-state index contributed by atoms with van der Waals surface area (Å²) in [5.74, 6) is 0.986. The number of carbonyl (C=O) groups excluding carboxylic acids is 1. The van der Waals surface area contributed by atoms with Gasteiger partial charge in [0.05, 0.1) is 13.0 Å². The molecule has 2 aromatic carbocycles. The monoisotopic (exact) mass is 349 g/mol. The van der Waals surface area contributed by atoms with Crippen LogP contribution in [0.5, 0.6) is 0 Å². The van der Waals surface area contributed by atoms with Crippen molar-refractivity contribution in [1.29, 1.82) is 0 Å². The molecular weight excluding hydrogens is 326 g/mol. The molecule has 0 radical (unpaired) electrons. The average Bonchev–Trinajstić information content (AvgIpc) is 3.06. The number of rotatable bonds is 5. The summed E-state index contributed by atoms with van der Waals surface area (Å²) in [6.45, 7) is 6.43. The van der Waals surface area contributed by atoms with Gasteiger partial charge in [-0.05, 0) is 43.5 Å². The molecule has 0 spiro atoms. The number of aryl methyl sites for hydroxylation is 3. The fraction of sp³-hybridized carbons (Fsp3) is 0.286. The molecule has 1 heterocycles. The lowest BCUT2D eigenvalue weighted by atomic mass is 10.0. The Balaban J connectivity index is 1.65. The quantitative estimate of drug-likeness (QED) is 0.702. The van der Waals surface area contributed by atoms with Crippen molar-refractivity contribution in [3.05, 3.63) is 70.6 Å². The molecule has 0 saturated heterocycles. The summed E-state index contributed by atoms with van der Waals surface area (Å²) >= 11 is 0. The molecule has 0 bridgehead atoms. The minimum absolute atomic E-state index is 0.0172. The van der Waals surface area contributed by atoms with Crippen molar-refractivity contribution < 1.29 is 9.32 Å². The zero-order chi connectivity index (χ0) is 18.7. The summed E-state index contributed by atoms with van der Waals surface area (Å²) < 4.78 is 5.31. The molecular formula is C21H23N3O2. The van der Waals surface area contributed by atoms with Crippen LogP contribution in [0.2, 0.25) is 0 Å². The van der Waals surface area contributed by atoms with E-state index < -0.39 is 0 Å². The van der Waals surface area contributed by atoms with Gasteiger partial charge in [0, 0.05) is 12.6 Å². The highest BCUT2D eigenvalue weighted by atomic mass is 16.5. The first-order chi connectivity index (χ1) is 12.4. The largest absolute Gasteiger partial charge is 0.337 e. The Bertz CT molecular complexity index is 931. The minimum Gasteiger partial charge on any atom is -0.337 e. The van der Waals surface area contributed by atoms with Crippen LogP contribution in [0.25, 0.3) is 11.4 Å². The van der Waals surface area contributed by atoms with Crippen LogP contribution < -0.4 is 0 Å². The van der Waals surface area contributed by atoms with Crippen LogP contribution in [0.1, 0.15) is 28.1 Å². The van der Waals surface area contributed by atoms with E-state index in [0.29, 0.717) is 24.7 Å². The van der Waals surface area contributed by atoms with E-state index in [9.17, 15) is 4.79 Å². The molecule has 0 aliphatic heterocycles. The lowest BCUT2D eigenvalue weighted by Crippen LogP contribution is -2.27. The molecule has 5 heteroatoms. The summed E-state index contributed by atoms with van der Waals surface area (Å²) in [6.07, 6.45) is 0.358. The third kappa shape index (κ3) is 4.17. The van der Waals surface area contributed by atoms with E-state index in [0.717, 1.165) is 16.7 Å². The van der Waals surface area contributed by atoms with Gasteiger partial charge in [-0.25, -0.2) is 0 Å². The number of benzene rings is 2. The van der Waals surface area contributed by atoms with Gasteiger partial charge in [-0.15, -0.1) is 0 Å². The van der Waals surface area contributed by atoms with Gasteiger partial charge in [0.15, 0.2) is 0 Å². The lowest BCUT2D eigenvalue weighted by Gasteiger charge is -2.15. The Morgan fingerprint density at radius 1 is 1.08 bits per heavy atom. The summed E-state index contributed by atoms with van der Waals surface area (Å²) in [4.78, 5) is 18.5. The van der Waals surface area contributed by atoms with Crippen molar-refractivity contribution in [2.75, 3.05) is 7.05 Å². The standard InChI is InChI=1S/C21H23N3O2/c1-14-6-5-7-18(10-14)21-22-19(26-23-21)13-24(4)20(25)12-17-9-8-15(2)16(3)11-17/h5-11H,12-13H2,1-4H3. The molecule has 0 fully saturated rings. The van der Waals surface area contributed by atoms with Crippen molar-refractivity contribution in [1.82, 2.24) is 15.0 Å². The maximum Gasteiger partial charge on any atom is 0.246 e. The van der Waals surface area contributed by atoms with E-state index in [-0.39, 0.29) is 5.91 Å². The fourth-order valence-electron chi connectivity index (χ4n) is 2.73. The number of hydrogen-bond acceptors (Lipinski definition) is 4. The molecule has 3 aromatic rings. The number of carbonyl (C=O) groups is 1. The molecule has 1 amide bonds. The zero-order valence-electron chi connectivity index (χ0n) is 15.6. The highest BCUT2D eigenvalue weighted by Crippen LogP contribution is 2.18. The SMILES string of the molecule is Cc1cccc(-c2noc(CN(C)C(=O)Cc3ccc(C)c(C)c3)n2)c1. The van der Waals surface area contributed by atoms with Gasteiger partial charge in [0.2, 0.25) is 17.6 Å². The summed E-state index contributed by atoms with van der Waals surface area (Å²) in [5, 5.41) is 4.02. The Morgan fingerprint density at radius 3 is 2.62 bits per heavy atom. The Hall–Kier alpha value is -2.95. The van der Waals surface area contributed by atoms with Gasteiger partial charge in [0.1, 0.15) is 0 Å². The van der Waals surface area contributed by atoms with Crippen LogP contribution in [0, 0.1) is 20.8 Å². The number of amides is 1. The van der Waals surface area contributed by atoms with Crippen molar-refractivity contribution in [2.45, 2.75) is 33.7 Å². The van der Waals surface area contributed by atoms with Crippen molar-refractivity contribution in [3.8, 4) is 11.4 Å². The Labute approximate surface area is 153 Å². The Morgan fingerprint density at radius 2 is 1.88 bits per heavy atom. The van der Waals surface area contributed by atoms with Crippen LogP contribution in [0.15, 0.2) is 47.0 Å². The molecule has 0 unspecified atom stereocenters. The third-order valence-corrected chi connectivity index (χ3v) is 4.47. The van der Waals surface area contributed by atoms with Gasteiger partial charge in [-0.2, -0.15) is 4.98 Å². The maximum absolute atomic E-state index is 12.5. The number of nitrogens with zero attached hydrogens (tertiary/aromatic N) is 3. The van der Waals surface area contributed by atoms with Crippen LogP contribution in [0.3, 0.4) is 0 Å². The normalized spacial score (nSPS) is 10.8. The van der Waals surface area contributed by atoms with E-state index in [1.807, 2.05) is 43.3 Å². The van der Waals surface area contributed by atoms with Crippen molar-refractivity contribution in [2.24, 2.45) is 0 Å². The first-order valence-electron chi connectivity index (χ1n) is 8.62. The molecule has 0 saturated carbocycles. The van der Waals surface area contributed by atoms with Gasteiger partial charge < -0.3 is 9.42 Å². The van der Waals surface area contributed by atoms with Gasteiger partial charge in [-0.3, -0.25) is 4.79 Å². The van der Waals surface area contributed by atoms with Crippen LogP contribution in [-0.2, 0) is 17.8 Å². The average molecular weight is 349 g/mol. The third-order valence-electron chi connectivity index (χ3n) is 4.47.